The number of aromatic nitrogens is 5. The predicted molar refractivity (Wildman–Crippen MR) is 235 cm³/mol. The Labute approximate surface area is 336 Å². The number of aryl methyl sites for hydroxylation is 1. The van der Waals surface area contributed by atoms with Gasteiger partial charge >= 0.3 is 0 Å². The van der Waals surface area contributed by atoms with E-state index in [1.54, 1.807) is 0 Å². The van der Waals surface area contributed by atoms with E-state index in [-0.39, 0.29) is 0 Å². The van der Waals surface area contributed by atoms with Gasteiger partial charge < -0.3 is 0 Å². The van der Waals surface area contributed by atoms with Gasteiger partial charge in [0.05, 0.1) is 11.4 Å². The fourth-order valence-electron chi connectivity index (χ4n) is 9.02. The van der Waals surface area contributed by atoms with Crippen LogP contribution in [0.15, 0.2) is 164 Å². The van der Waals surface area contributed by atoms with E-state index in [1.807, 2.05) is 13.0 Å². The zero-order valence-electron chi connectivity index (χ0n) is 32.0. The lowest BCUT2D eigenvalue weighted by Gasteiger charge is -2.24. The SMILES string of the molecule is Cc1nnc2c(c1C)-c1c(-c3nnnc(-c4ccccc4-c4ccccc4)c3-c3ccccc3)c(-c3ccccc3-c3ccccc3)c3c(c1=C2)=Cc1ccccc1-3. The van der Waals surface area contributed by atoms with Crippen LogP contribution >= 0.6 is 0 Å². The summed E-state index contributed by atoms with van der Waals surface area (Å²) in [6.07, 6.45) is 4.57. The Balaban J connectivity index is 1.36. The molecule has 2 heterocycles. The fourth-order valence-corrected chi connectivity index (χ4v) is 9.02. The van der Waals surface area contributed by atoms with E-state index in [0.717, 1.165) is 100 Å². The van der Waals surface area contributed by atoms with Gasteiger partial charge in [-0.3, -0.25) is 0 Å². The lowest BCUT2D eigenvalue weighted by Crippen LogP contribution is -2.28. The van der Waals surface area contributed by atoms with Crippen LogP contribution in [-0.4, -0.2) is 25.6 Å². The van der Waals surface area contributed by atoms with Crippen LogP contribution in [0.5, 0.6) is 0 Å². The highest BCUT2D eigenvalue weighted by molar-refractivity contribution is 6.12. The molecule has 58 heavy (non-hydrogen) atoms. The summed E-state index contributed by atoms with van der Waals surface area (Å²) in [5.41, 5.74) is 20.6. The van der Waals surface area contributed by atoms with Gasteiger partial charge in [0.1, 0.15) is 11.4 Å². The van der Waals surface area contributed by atoms with E-state index in [2.05, 4.69) is 187 Å². The lowest BCUT2D eigenvalue weighted by molar-refractivity contribution is 0.879. The quantitative estimate of drug-likeness (QED) is 0.170. The van der Waals surface area contributed by atoms with Crippen molar-refractivity contribution in [3.63, 3.8) is 0 Å². The molecule has 2 aromatic heterocycles. The van der Waals surface area contributed by atoms with Crippen LogP contribution in [0, 0.1) is 13.8 Å². The average molecular weight is 742 g/mol. The van der Waals surface area contributed by atoms with Crippen LogP contribution < -0.4 is 10.4 Å². The maximum atomic E-state index is 5.17. The lowest BCUT2D eigenvalue weighted by atomic mass is 9.79. The third kappa shape index (κ3) is 5.21. The molecule has 2 aliphatic rings. The minimum Gasteiger partial charge on any atom is -0.155 e. The van der Waals surface area contributed by atoms with Crippen molar-refractivity contribution in [3.05, 3.63) is 197 Å². The molecular weight excluding hydrogens is 707 g/mol. The standard InChI is InChI=1S/C53H35N5/c1-32-33(2)54-55-45-31-44-43-30-37-24-12-13-27-40(37)48(43)49(41-28-16-14-25-38(41)34-18-6-3-7-19-34)51(50(44)46(32)45)53-47(36-22-10-5-11-23-36)52(56-58-57-53)42-29-17-15-26-39(42)35-20-8-4-9-21-35/h3-31H,1-2H3. The van der Waals surface area contributed by atoms with E-state index in [4.69, 9.17) is 15.3 Å². The summed E-state index contributed by atoms with van der Waals surface area (Å²) in [6, 6.07) is 57.7. The molecule has 11 rings (SSSR count). The van der Waals surface area contributed by atoms with Crippen LogP contribution in [0.3, 0.4) is 0 Å². The number of nitrogens with zero attached hydrogens (tertiary/aromatic N) is 5. The molecule has 0 saturated carbocycles. The van der Waals surface area contributed by atoms with Crippen LogP contribution in [0.1, 0.15) is 22.5 Å². The second kappa shape index (κ2) is 13.5. The first-order chi connectivity index (χ1) is 28.7. The van der Waals surface area contributed by atoms with Gasteiger partial charge in [0.25, 0.3) is 0 Å². The van der Waals surface area contributed by atoms with Crippen molar-refractivity contribution < 1.29 is 0 Å². The summed E-state index contributed by atoms with van der Waals surface area (Å²) < 4.78 is 0. The molecule has 0 unspecified atom stereocenters. The van der Waals surface area contributed by atoms with E-state index in [1.165, 1.54) is 21.9 Å². The van der Waals surface area contributed by atoms with Crippen molar-refractivity contribution in [1.82, 2.24) is 25.6 Å². The van der Waals surface area contributed by atoms with Gasteiger partial charge in [0.15, 0.2) is 0 Å². The molecular formula is C53H35N5. The van der Waals surface area contributed by atoms with Crippen molar-refractivity contribution in [2.45, 2.75) is 13.8 Å². The summed E-state index contributed by atoms with van der Waals surface area (Å²) in [5.74, 6) is 0. The molecule has 0 amide bonds. The minimum atomic E-state index is 0.760. The average Bonchev–Trinajstić information content (AvgIpc) is 3.88. The first kappa shape index (κ1) is 33.7. The van der Waals surface area contributed by atoms with Crippen molar-refractivity contribution in [1.29, 1.82) is 0 Å². The monoisotopic (exact) mass is 741 g/mol. The van der Waals surface area contributed by atoms with Gasteiger partial charge in [0, 0.05) is 33.4 Å². The molecule has 0 aliphatic heterocycles. The molecule has 2 aliphatic carbocycles. The van der Waals surface area contributed by atoms with Gasteiger partial charge in [-0.25, -0.2) is 0 Å². The zero-order chi connectivity index (χ0) is 38.7. The van der Waals surface area contributed by atoms with Crippen molar-refractivity contribution in [2.75, 3.05) is 0 Å². The van der Waals surface area contributed by atoms with Crippen LogP contribution in [0.4, 0.5) is 0 Å². The first-order valence-corrected chi connectivity index (χ1v) is 19.6. The highest BCUT2D eigenvalue weighted by atomic mass is 15.3. The van der Waals surface area contributed by atoms with Gasteiger partial charge in [-0.05, 0) is 97.3 Å². The molecule has 5 nitrogen and oxygen atoms in total. The van der Waals surface area contributed by atoms with E-state index in [0.29, 0.717) is 0 Å². The van der Waals surface area contributed by atoms with Gasteiger partial charge in [-0.15, -0.1) is 10.2 Å². The smallest absolute Gasteiger partial charge is 0.106 e. The molecule has 0 atom stereocenters. The highest BCUT2D eigenvalue weighted by Gasteiger charge is 2.34. The fraction of sp³-hybridized carbons (Fsp3) is 0.0377. The van der Waals surface area contributed by atoms with E-state index >= 15 is 0 Å². The topological polar surface area (TPSA) is 64.5 Å². The maximum absolute atomic E-state index is 5.17. The summed E-state index contributed by atoms with van der Waals surface area (Å²) in [4.78, 5) is 0. The van der Waals surface area contributed by atoms with Crippen LogP contribution in [0.2, 0.25) is 0 Å². The molecule has 0 radical (unpaired) electrons. The van der Waals surface area contributed by atoms with Gasteiger partial charge in [-0.1, -0.05) is 164 Å². The summed E-state index contributed by atoms with van der Waals surface area (Å²) >= 11 is 0. The Bertz CT molecular complexity index is 3230. The Morgan fingerprint density at radius 3 is 1.52 bits per heavy atom. The molecule has 0 fully saturated rings. The van der Waals surface area contributed by atoms with Crippen molar-refractivity contribution in [2.24, 2.45) is 0 Å². The normalized spacial score (nSPS) is 11.9. The zero-order valence-corrected chi connectivity index (χ0v) is 32.0. The van der Waals surface area contributed by atoms with Crippen LogP contribution in [-0.2, 0) is 0 Å². The summed E-state index contributed by atoms with van der Waals surface area (Å²) in [6.45, 7) is 4.21. The Hall–Kier alpha value is -7.63. The minimum absolute atomic E-state index is 0.760. The van der Waals surface area contributed by atoms with Gasteiger partial charge in [0.2, 0.25) is 0 Å². The molecule has 0 spiro atoms. The van der Waals surface area contributed by atoms with Crippen LogP contribution in [0.25, 0.3) is 101 Å². The molecule has 272 valence electrons. The second-order valence-electron chi connectivity index (χ2n) is 14.9. The molecule has 7 aromatic carbocycles. The van der Waals surface area contributed by atoms with Gasteiger partial charge in [-0.2, -0.15) is 10.2 Å². The van der Waals surface area contributed by atoms with E-state index in [9.17, 15) is 0 Å². The molecule has 0 N–H and O–H groups in total. The number of rotatable bonds is 6. The summed E-state index contributed by atoms with van der Waals surface area (Å²) in [7, 11) is 0. The maximum Gasteiger partial charge on any atom is 0.106 e. The van der Waals surface area contributed by atoms with E-state index < -0.39 is 0 Å². The molecule has 0 bridgehead atoms. The number of fused-ring (bicyclic) bond motifs is 7. The largest absolute Gasteiger partial charge is 0.155 e. The predicted octanol–water partition coefficient (Wildman–Crippen LogP) is 10.9. The Morgan fingerprint density at radius 1 is 0.328 bits per heavy atom. The number of benzene rings is 7. The Morgan fingerprint density at radius 2 is 0.845 bits per heavy atom. The number of hydrogen-bond acceptors (Lipinski definition) is 5. The molecule has 5 heteroatoms. The third-order valence-electron chi connectivity index (χ3n) is 11.7. The number of hydrogen-bond donors (Lipinski definition) is 0. The third-order valence-corrected chi connectivity index (χ3v) is 11.7. The first-order valence-electron chi connectivity index (χ1n) is 19.6. The molecule has 9 aromatic rings. The van der Waals surface area contributed by atoms with Crippen molar-refractivity contribution in [3.8, 4) is 89.3 Å². The van der Waals surface area contributed by atoms with Crippen molar-refractivity contribution >= 4 is 12.2 Å². The molecule has 0 saturated heterocycles. The Kier molecular flexibility index (Phi) is 7.86. The second-order valence-corrected chi connectivity index (χ2v) is 14.9. The summed E-state index contributed by atoms with van der Waals surface area (Å²) in [5, 5.41) is 26.6. The highest BCUT2D eigenvalue weighted by Crippen LogP contribution is 2.51.